The Bertz CT molecular complexity index is 280. The molecule has 0 N–H and O–H groups in total. The highest BCUT2D eigenvalue weighted by molar-refractivity contribution is 8.77. The molecule has 4 heteroatoms. The lowest BCUT2D eigenvalue weighted by atomic mass is 10.4. The van der Waals surface area contributed by atoms with Gasteiger partial charge in [-0.1, -0.05) is 42.5 Å². The fourth-order valence-corrected chi connectivity index (χ4v) is 1.55. The van der Waals surface area contributed by atoms with Crippen molar-refractivity contribution in [3.63, 3.8) is 0 Å². The molecule has 1 heterocycles. The van der Waals surface area contributed by atoms with Crippen molar-refractivity contribution in [1.82, 2.24) is 0 Å². The Morgan fingerprint density at radius 3 is 2.14 bits per heavy atom. The van der Waals surface area contributed by atoms with Crippen LogP contribution < -0.4 is 0 Å². The van der Waals surface area contributed by atoms with E-state index in [0.29, 0.717) is 0 Å². The zero-order valence-electron chi connectivity index (χ0n) is 7.48. The molecule has 1 aliphatic rings. The Balaban J connectivity index is 2.56. The third-order valence-electron chi connectivity index (χ3n) is 1.19. The van der Waals surface area contributed by atoms with Crippen molar-refractivity contribution in [3.05, 3.63) is 60.2 Å². The van der Waals surface area contributed by atoms with E-state index in [4.69, 9.17) is 0 Å². The number of hydrogen-bond acceptors (Lipinski definition) is 4. The fraction of sp³-hybridized carbons (Fsp3) is 0. The molecular formula is C10H10N2S2. The van der Waals surface area contributed by atoms with Gasteiger partial charge in [0.25, 0.3) is 0 Å². The summed E-state index contributed by atoms with van der Waals surface area (Å²) in [5, 5.41) is 5.78. The molecule has 72 valence electrons. The highest BCUT2D eigenvalue weighted by Crippen LogP contribution is 2.23. The zero-order valence-corrected chi connectivity index (χ0v) is 9.12. The second kappa shape index (κ2) is 8.59. The van der Waals surface area contributed by atoms with Crippen LogP contribution in [0, 0.1) is 0 Å². The molecule has 0 fully saturated rings. The van der Waals surface area contributed by atoms with Gasteiger partial charge in [0.15, 0.2) is 0 Å². The van der Waals surface area contributed by atoms with Crippen molar-refractivity contribution < 1.29 is 0 Å². The third kappa shape index (κ3) is 6.51. The monoisotopic (exact) mass is 222 g/mol. The maximum absolute atomic E-state index is 3.85. The summed E-state index contributed by atoms with van der Waals surface area (Å²) in [7, 11) is 2.87. The molecule has 0 saturated heterocycles. The van der Waals surface area contributed by atoms with Crippen LogP contribution in [0.4, 0.5) is 0 Å². The van der Waals surface area contributed by atoms with Gasteiger partial charge in [-0.05, 0) is 22.3 Å². The van der Waals surface area contributed by atoms with E-state index >= 15 is 0 Å². The summed E-state index contributed by atoms with van der Waals surface area (Å²) in [5.74, 6) is 0. The highest BCUT2D eigenvalue weighted by Gasteiger charge is 1.77. The minimum absolute atomic E-state index is 1.34. The van der Waals surface area contributed by atoms with E-state index in [1.54, 1.807) is 6.20 Å². The second-order valence-electron chi connectivity index (χ2n) is 2.19. The Labute approximate surface area is 91.8 Å². The van der Waals surface area contributed by atoms with Crippen LogP contribution in [0.5, 0.6) is 0 Å². The van der Waals surface area contributed by atoms with E-state index in [2.05, 4.69) is 9.63 Å². The minimum Gasteiger partial charge on any atom is -0.151 e. The molecule has 1 aliphatic heterocycles. The molecule has 1 rings (SSSR count). The van der Waals surface area contributed by atoms with Crippen LogP contribution in [0.2, 0.25) is 0 Å². The molecule has 0 aromatic rings. The molecular weight excluding hydrogens is 212 g/mol. The number of nitrogens with zero attached hydrogens (tertiary/aromatic N) is 2. The first kappa shape index (κ1) is 11.1. The molecule has 0 unspecified atom stereocenters. The van der Waals surface area contributed by atoms with Crippen LogP contribution in [0.3, 0.4) is 0 Å². The average molecular weight is 222 g/mol. The van der Waals surface area contributed by atoms with Gasteiger partial charge in [-0.25, -0.2) is 0 Å². The van der Waals surface area contributed by atoms with E-state index < -0.39 is 0 Å². The summed E-state index contributed by atoms with van der Waals surface area (Å²) in [6, 6.07) is 0. The van der Waals surface area contributed by atoms with Crippen LogP contribution in [-0.2, 0) is 0 Å². The normalized spacial score (nSPS) is 28.6. The minimum atomic E-state index is 1.34. The van der Waals surface area contributed by atoms with E-state index in [1.165, 1.54) is 21.8 Å². The Morgan fingerprint density at radius 1 is 0.714 bits per heavy atom. The quantitative estimate of drug-likeness (QED) is 0.447. The predicted octanol–water partition coefficient (Wildman–Crippen LogP) is 4.44. The largest absolute Gasteiger partial charge is 0.151 e. The van der Waals surface area contributed by atoms with Gasteiger partial charge in [-0.15, -0.1) is 4.52 Å². The van der Waals surface area contributed by atoms with Gasteiger partial charge in [-0.3, -0.25) is 0 Å². The van der Waals surface area contributed by atoms with Crippen molar-refractivity contribution in [2.24, 2.45) is 9.63 Å². The molecule has 0 bridgehead atoms. The van der Waals surface area contributed by atoms with Gasteiger partial charge >= 0.3 is 0 Å². The maximum atomic E-state index is 3.85. The van der Waals surface area contributed by atoms with Gasteiger partial charge in [0.05, 0.1) is 17.2 Å². The van der Waals surface area contributed by atoms with Crippen LogP contribution in [0.25, 0.3) is 0 Å². The summed E-state index contributed by atoms with van der Waals surface area (Å²) in [6.45, 7) is 0. The van der Waals surface area contributed by atoms with Gasteiger partial charge in [0, 0.05) is 0 Å². The van der Waals surface area contributed by atoms with Crippen molar-refractivity contribution in [3.8, 4) is 0 Å². The fourth-order valence-electron chi connectivity index (χ4n) is 0.641. The van der Waals surface area contributed by atoms with E-state index in [-0.39, 0.29) is 0 Å². The van der Waals surface area contributed by atoms with Gasteiger partial charge in [0.2, 0.25) is 0 Å². The maximum Gasteiger partial charge on any atom is 0.0721 e. The molecule has 2 nitrogen and oxygen atoms in total. The first-order valence-electron chi connectivity index (χ1n) is 4.04. The van der Waals surface area contributed by atoms with E-state index in [0.717, 1.165) is 0 Å². The summed E-state index contributed by atoms with van der Waals surface area (Å²) < 4.78 is 3.85. The summed E-state index contributed by atoms with van der Waals surface area (Å²) in [4.78, 5) is 0. The molecule has 0 amide bonds. The smallest absolute Gasteiger partial charge is 0.0721 e. The number of hydrogen-bond donors (Lipinski definition) is 0. The number of rotatable bonds is 0. The average Bonchev–Trinajstić information content (AvgIpc) is 2.22. The Morgan fingerprint density at radius 2 is 1.36 bits per heavy atom. The van der Waals surface area contributed by atoms with E-state index in [1.807, 2.05) is 54.0 Å². The van der Waals surface area contributed by atoms with Crippen molar-refractivity contribution >= 4 is 21.8 Å². The van der Waals surface area contributed by atoms with Crippen LogP contribution in [0.15, 0.2) is 69.8 Å². The standard InChI is InChI=1S/C10H10N2S2/c1-2-4-6-8-10-13-14-12-11-9-7-5-3-1/h1-10H/b2-1-,5-3-,6-4-,9-7-,10-8-,12-11?. The Hall–Kier alpha value is -1.00. The summed E-state index contributed by atoms with van der Waals surface area (Å²) >= 11 is 0. The number of allylic oxidation sites excluding steroid dienone is 8. The van der Waals surface area contributed by atoms with Crippen LogP contribution in [-0.4, -0.2) is 0 Å². The molecule has 0 aromatic carbocycles. The third-order valence-corrected chi connectivity index (χ3v) is 2.49. The molecule has 0 aromatic heterocycles. The van der Waals surface area contributed by atoms with Crippen molar-refractivity contribution in [2.45, 2.75) is 0 Å². The molecule has 0 radical (unpaired) electrons. The van der Waals surface area contributed by atoms with Crippen molar-refractivity contribution in [1.29, 1.82) is 0 Å². The molecule has 14 heavy (non-hydrogen) atoms. The SMILES string of the molecule is C1=C\C=C/C=C\SSN=N/C=C\C=C/1. The zero-order chi connectivity index (χ0) is 9.90. The second-order valence-corrected chi connectivity index (χ2v) is 3.99. The molecule has 0 atom stereocenters. The van der Waals surface area contributed by atoms with Gasteiger partial charge in [-0.2, -0.15) is 5.11 Å². The van der Waals surface area contributed by atoms with Crippen molar-refractivity contribution in [2.75, 3.05) is 0 Å². The molecule has 0 saturated carbocycles. The van der Waals surface area contributed by atoms with Crippen LogP contribution in [0.1, 0.15) is 0 Å². The van der Waals surface area contributed by atoms with Crippen LogP contribution >= 0.6 is 21.8 Å². The first-order valence-corrected chi connectivity index (χ1v) is 6.21. The summed E-state index contributed by atoms with van der Waals surface area (Å²) in [5.41, 5.74) is 0. The molecule has 0 spiro atoms. The van der Waals surface area contributed by atoms with Gasteiger partial charge in [0.1, 0.15) is 0 Å². The lowest BCUT2D eigenvalue weighted by Crippen LogP contribution is -1.53. The Kier molecular flexibility index (Phi) is 6.80. The molecule has 0 aliphatic carbocycles. The highest BCUT2D eigenvalue weighted by atomic mass is 33.1. The van der Waals surface area contributed by atoms with Gasteiger partial charge < -0.3 is 0 Å². The topological polar surface area (TPSA) is 24.7 Å². The lowest BCUT2D eigenvalue weighted by molar-refractivity contribution is 1.35. The summed E-state index contributed by atoms with van der Waals surface area (Å²) in [6.07, 6.45) is 17.2. The van der Waals surface area contributed by atoms with E-state index in [9.17, 15) is 0 Å². The lowest BCUT2D eigenvalue weighted by Gasteiger charge is -1.82. The predicted molar refractivity (Wildman–Crippen MR) is 65.7 cm³/mol. The first-order chi connectivity index (χ1) is 7.00.